The zero-order valence-corrected chi connectivity index (χ0v) is 16.3. The van der Waals surface area contributed by atoms with Crippen molar-refractivity contribution >= 4 is 23.0 Å². The van der Waals surface area contributed by atoms with Gasteiger partial charge in [-0.1, -0.05) is 17.7 Å². The molecule has 3 aromatic rings. The standard InChI is InChI=1S/C19H13ClF4N6O/c20-17-15(27-7-6-26-14-3-1-2-13(21)12(14)8-25)10-29-30(18(17)31)16-5-4-11(9-28-16)19(22,23)24/h1-5,9-10,26-27H,6-7H2. The Morgan fingerprint density at radius 3 is 2.42 bits per heavy atom. The van der Waals surface area contributed by atoms with Gasteiger partial charge in [0.25, 0.3) is 5.56 Å². The van der Waals surface area contributed by atoms with Crippen molar-refractivity contribution in [3.05, 3.63) is 75.0 Å². The third-order valence-electron chi connectivity index (χ3n) is 4.09. The average Bonchev–Trinajstić information content (AvgIpc) is 2.73. The lowest BCUT2D eigenvalue weighted by Crippen LogP contribution is -2.24. The molecule has 0 saturated carbocycles. The third-order valence-corrected chi connectivity index (χ3v) is 4.46. The van der Waals surface area contributed by atoms with Crippen LogP contribution in [0.15, 0.2) is 47.5 Å². The van der Waals surface area contributed by atoms with Gasteiger partial charge in [-0.25, -0.2) is 9.37 Å². The minimum absolute atomic E-state index is 0.117. The lowest BCUT2D eigenvalue weighted by atomic mass is 10.2. The highest BCUT2D eigenvalue weighted by Gasteiger charge is 2.30. The molecule has 0 bridgehead atoms. The molecule has 0 aliphatic rings. The molecule has 2 N–H and O–H groups in total. The number of pyridine rings is 1. The van der Waals surface area contributed by atoms with Gasteiger partial charge in [0, 0.05) is 19.3 Å². The van der Waals surface area contributed by atoms with Crippen molar-refractivity contribution in [2.75, 3.05) is 23.7 Å². The van der Waals surface area contributed by atoms with Gasteiger partial charge in [0.05, 0.1) is 23.1 Å². The maximum atomic E-state index is 13.6. The van der Waals surface area contributed by atoms with Crippen LogP contribution in [0, 0.1) is 17.1 Å². The zero-order chi connectivity index (χ0) is 22.6. The van der Waals surface area contributed by atoms with E-state index >= 15 is 0 Å². The number of aromatic nitrogens is 3. The van der Waals surface area contributed by atoms with Gasteiger partial charge < -0.3 is 10.6 Å². The molecule has 2 aromatic heterocycles. The van der Waals surface area contributed by atoms with Gasteiger partial charge in [-0.05, 0) is 24.3 Å². The molecule has 0 radical (unpaired) electrons. The van der Waals surface area contributed by atoms with E-state index in [1.165, 1.54) is 18.3 Å². The van der Waals surface area contributed by atoms with Crippen molar-refractivity contribution in [1.29, 1.82) is 5.26 Å². The van der Waals surface area contributed by atoms with E-state index in [1.54, 1.807) is 12.1 Å². The third kappa shape index (κ3) is 4.92. The van der Waals surface area contributed by atoms with Crippen LogP contribution < -0.4 is 16.2 Å². The van der Waals surface area contributed by atoms with E-state index in [0.29, 0.717) is 11.9 Å². The Hall–Kier alpha value is -3.65. The fraction of sp³-hybridized carbons (Fsp3) is 0.158. The Kier molecular flexibility index (Phi) is 6.41. The second kappa shape index (κ2) is 9.01. The molecule has 2 heterocycles. The molecule has 3 rings (SSSR count). The number of halogens is 5. The lowest BCUT2D eigenvalue weighted by Gasteiger charge is -2.12. The summed E-state index contributed by atoms with van der Waals surface area (Å²) in [5, 5.41) is 18.4. The van der Waals surface area contributed by atoms with Crippen molar-refractivity contribution < 1.29 is 17.6 Å². The second-order valence-electron chi connectivity index (χ2n) is 6.12. The largest absolute Gasteiger partial charge is 0.417 e. The van der Waals surface area contributed by atoms with Gasteiger partial charge in [0.2, 0.25) is 0 Å². The summed E-state index contributed by atoms with van der Waals surface area (Å²) in [6, 6.07) is 7.75. The second-order valence-corrected chi connectivity index (χ2v) is 6.50. The van der Waals surface area contributed by atoms with Gasteiger partial charge in [0.1, 0.15) is 22.5 Å². The maximum Gasteiger partial charge on any atom is 0.417 e. The predicted octanol–water partition coefficient (Wildman–Crippen LogP) is 3.83. The summed E-state index contributed by atoms with van der Waals surface area (Å²) in [6.45, 7) is 0.503. The van der Waals surface area contributed by atoms with Crippen molar-refractivity contribution in [3.8, 4) is 11.9 Å². The molecule has 1 aromatic carbocycles. The van der Waals surface area contributed by atoms with E-state index in [2.05, 4.69) is 20.7 Å². The Morgan fingerprint density at radius 1 is 1.10 bits per heavy atom. The molecule has 31 heavy (non-hydrogen) atoms. The van der Waals surface area contributed by atoms with E-state index in [-0.39, 0.29) is 35.2 Å². The van der Waals surface area contributed by atoms with E-state index in [0.717, 1.165) is 16.8 Å². The first-order valence-electron chi connectivity index (χ1n) is 8.70. The highest BCUT2D eigenvalue weighted by molar-refractivity contribution is 6.32. The highest BCUT2D eigenvalue weighted by atomic mass is 35.5. The molecule has 0 saturated heterocycles. The van der Waals surface area contributed by atoms with Crippen molar-refractivity contribution in [3.63, 3.8) is 0 Å². The summed E-state index contributed by atoms with van der Waals surface area (Å²) < 4.78 is 52.3. The molecule has 0 amide bonds. The summed E-state index contributed by atoms with van der Waals surface area (Å²) in [6.07, 6.45) is -2.73. The van der Waals surface area contributed by atoms with E-state index < -0.39 is 23.1 Å². The smallest absolute Gasteiger partial charge is 0.382 e. The minimum Gasteiger partial charge on any atom is -0.382 e. The summed E-state index contributed by atoms with van der Waals surface area (Å²) in [4.78, 5) is 16.0. The summed E-state index contributed by atoms with van der Waals surface area (Å²) in [5.41, 5.74) is -1.34. The molecule has 0 aliphatic heterocycles. The number of hydrogen-bond acceptors (Lipinski definition) is 6. The number of anilines is 2. The monoisotopic (exact) mass is 452 g/mol. The number of benzene rings is 1. The molecule has 7 nitrogen and oxygen atoms in total. The Labute approximate surface area is 177 Å². The van der Waals surface area contributed by atoms with Crippen LogP contribution in [0.25, 0.3) is 5.82 Å². The number of nitrogens with one attached hydrogen (secondary N) is 2. The van der Waals surface area contributed by atoms with Crippen molar-refractivity contribution in [2.24, 2.45) is 0 Å². The van der Waals surface area contributed by atoms with Crippen LogP contribution in [0.1, 0.15) is 11.1 Å². The number of alkyl halides is 3. The first kappa shape index (κ1) is 22.0. The van der Waals surface area contributed by atoms with Crippen LogP contribution in [-0.4, -0.2) is 27.9 Å². The van der Waals surface area contributed by atoms with Gasteiger partial charge in [-0.2, -0.15) is 28.2 Å². The average molecular weight is 453 g/mol. The lowest BCUT2D eigenvalue weighted by molar-refractivity contribution is -0.137. The number of rotatable bonds is 6. The van der Waals surface area contributed by atoms with Crippen LogP contribution in [0.3, 0.4) is 0 Å². The van der Waals surface area contributed by atoms with E-state index in [9.17, 15) is 22.4 Å². The summed E-state index contributed by atoms with van der Waals surface area (Å²) in [7, 11) is 0. The van der Waals surface area contributed by atoms with Crippen LogP contribution >= 0.6 is 11.6 Å². The van der Waals surface area contributed by atoms with E-state index in [1.807, 2.05) is 0 Å². The first-order valence-corrected chi connectivity index (χ1v) is 9.08. The summed E-state index contributed by atoms with van der Waals surface area (Å²) in [5.74, 6) is -0.767. The SMILES string of the molecule is N#Cc1c(F)cccc1NCCNc1cnn(-c2ccc(C(F)(F)F)cn2)c(=O)c1Cl. The molecule has 160 valence electrons. The number of nitriles is 1. The molecular weight excluding hydrogens is 440 g/mol. The van der Waals surface area contributed by atoms with Gasteiger partial charge in [0.15, 0.2) is 5.82 Å². The number of hydrogen-bond donors (Lipinski definition) is 2. The quantitative estimate of drug-likeness (QED) is 0.436. The van der Waals surface area contributed by atoms with E-state index in [4.69, 9.17) is 16.9 Å². The highest BCUT2D eigenvalue weighted by Crippen LogP contribution is 2.28. The topological polar surface area (TPSA) is 95.6 Å². The Bertz CT molecular complexity index is 1190. The zero-order valence-electron chi connectivity index (χ0n) is 15.5. The minimum atomic E-state index is -4.55. The van der Waals surface area contributed by atoms with Gasteiger partial charge in [-0.3, -0.25) is 4.79 Å². The van der Waals surface area contributed by atoms with Crippen LogP contribution in [0.2, 0.25) is 5.02 Å². The summed E-state index contributed by atoms with van der Waals surface area (Å²) >= 11 is 6.06. The molecule has 12 heteroatoms. The molecule has 0 unspecified atom stereocenters. The predicted molar refractivity (Wildman–Crippen MR) is 106 cm³/mol. The normalized spacial score (nSPS) is 11.1. The van der Waals surface area contributed by atoms with Gasteiger partial charge in [-0.15, -0.1) is 0 Å². The fourth-order valence-corrected chi connectivity index (χ4v) is 2.77. The molecular formula is C19H13ClF4N6O. The molecule has 0 fully saturated rings. The van der Waals surface area contributed by atoms with Crippen LogP contribution in [-0.2, 0) is 6.18 Å². The van der Waals surface area contributed by atoms with Gasteiger partial charge >= 0.3 is 6.18 Å². The molecule has 0 aliphatic carbocycles. The number of nitrogens with zero attached hydrogens (tertiary/aromatic N) is 4. The van der Waals surface area contributed by atoms with Crippen molar-refractivity contribution in [1.82, 2.24) is 14.8 Å². The first-order chi connectivity index (χ1) is 14.7. The fourth-order valence-electron chi connectivity index (χ4n) is 2.58. The Balaban J connectivity index is 1.68. The Morgan fingerprint density at radius 2 is 1.81 bits per heavy atom. The molecule has 0 atom stereocenters. The van der Waals surface area contributed by atoms with Crippen LogP contribution in [0.5, 0.6) is 0 Å². The van der Waals surface area contributed by atoms with Crippen molar-refractivity contribution in [2.45, 2.75) is 6.18 Å². The maximum absolute atomic E-state index is 13.6. The van der Waals surface area contributed by atoms with Crippen LogP contribution in [0.4, 0.5) is 28.9 Å². The molecule has 0 spiro atoms.